The molecule has 1 unspecified atom stereocenters. The standard InChI is InChI=1S/C28H42O7/c1-28-10-9-23-22-6-5-21(29)17-20(22)16-19(27(23)24(28)7-8-25(28)30)4-2-3-11-33-12-13-34-14-15-35-18-26(31)32/h5-6,17,19,23-25,27,29-30H,2-4,7-16,18H2,1H3,(H,31,32)/t19-,23?,24+,25+,27-,28+/m1/s1. The fourth-order valence-electron chi connectivity index (χ4n) is 7.24. The van der Waals surface area contributed by atoms with E-state index in [-0.39, 0.29) is 24.7 Å². The molecule has 3 aliphatic rings. The first-order valence-electron chi connectivity index (χ1n) is 13.3. The monoisotopic (exact) mass is 490 g/mol. The number of fused-ring (bicyclic) bond motifs is 5. The van der Waals surface area contributed by atoms with Crippen molar-refractivity contribution in [1.29, 1.82) is 0 Å². The number of hydrogen-bond acceptors (Lipinski definition) is 6. The number of benzene rings is 1. The van der Waals surface area contributed by atoms with Gasteiger partial charge >= 0.3 is 5.97 Å². The van der Waals surface area contributed by atoms with Gasteiger partial charge in [-0.1, -0.05) is 19.4 Å². The molecule has 2 saturated carbocycles. The van der Waals surface area contributed by atoms with Gasteiger partial charge in [0.15, 0.2) is 0 Å². The number of hydrogen-bond donors (Lipinski definition) is 3. The van der Waals surface area contributed by atoms with Crippen molar-refractivity contribution in [2.24, 2.45) is 23.2 Å². The van der Waals surface area contributed by atoms with Crippen molar-refractivity contribution in [2.45, 2.75) is 70.3 Å². The minimum atomic E-state index is -0.974. The lowest BCUT2D eigenvalue weighted by Gasteiger charge is -2.53. The molecule has 0 radical (unpaired) electrons. The Bertz CT molecular complexity index is 843. The lowest BCUT2D eigenvalue weighted by molar-refractivity contribution is -0.142. The molecule has 7 heteroatoms. The highest BCUT2D eigenvalue weighted by Crippen LogP contribution is 2.62. The summed E-state index contributed by atoms with van der Waals surface area (Å²) in [6, 6.07) is 5.98. The van der Waals surface area contributed by atoms with Gasteiger partial charge in [0.1, 0.15) is 12.4 Å². The first-order valence-corrected chi connectivity index (χ1v) is 13.3. The summed E-state index contributed by atoms with van der Waals surface area (Å²) in [6.45, 7) is 4.38. The van der Waals surface area contributed by atoms with Gasteiger partial charge in [-0.3, -0.25) is 0 Å². The molecule has 35 heavy (non-hydrogen) atoms. The third-order valence-corrected chi connectivity index (χ3v) is 8.92. The average Bonchev–Trinajstić information content (AvgIpc) is 3.13. The molecule has 7 nitrogen and oxygen atoms in total. The second-order valence-corrected chi connectivity index (χ2v) is 10.9. The van der Waals surface area contributed by atoms with Gasteiger partial charge < -0.3 is 29.5 Å². The Kier molecular flexibility index (Phi) is 9.08. The summed E-state index contributed by atoms with van der Waals surface area (Å²) in [5.74, 6) is 1.70. The lowest BCUT2D eigenvalue weighted by atomic mass is 9.52. The molecule has 6 atom stereocenters. The number of carboxylic acids is 1. The summed E-state index contributed by atoms with van der Waals surface area (Å²) in [5.41, 5.74) is 2.80. The zero-order valence-electron chi connectivity index (χ0n) is 21.0. The SMILES string of the molecule is C[C@]12CCC3c4ccc(O)cc4C[C@@H](CCCCOCCOCCOCC(=O)O)[C@H]3[C@@H]1CC[C@@H]2O. The summed E-state index contributed by atoms with van der Waals surface area (Å²) in [6.07, 6.45) is 8.41. The Balaban J connectivity index is 1.24. The van der Waals surface area contributed by atoms with Crippen molar-refractivity contribution in [3.8, 4) is 5.75 Å². The summed E-state index contributed by atoms with van der Waals surface area (Å²) in [5, 5.41) is 29.4. The summed E-state index contributed by atoms with van der Waals surface area (Å²) >= 11 is 0. The van der Waals surface area contributed by atoms with Gasteiger partial charge in [-0.05, 0) is 97.3 Å². The largest absolute Gasteiger partial charge is 0.508 e. The molecular formula is C28H42O7. The van der Waals surface area contributed by atoms with Crippen LogP contribution in [0.4, 0.5) is 0 Å². The van der Waals surface area contributed by atoms with E-state index in [9.17, 15) is 15.0 Å². The fraction of sp³-hybridized carbons (Fsp3) is 0.750. The molecule has 196 valence electrons. The van der Waals surface area contributed by atoms with Crippen LogP contribution in [0.25, 0.3) is 0 Å². The number of aliphatic hydroxyl groups is 1. The van der Waals surface area contributed by atoms with Gasteiger partial charge in [0.05, 0.1) is 32.5 Å². The van der Waals surface area contributed by atoms with Crippen LogP contribution in [-0.4, -0.2) is 67.0 Å². The molecule has 2 fully saturated rings. The van der Waals surface area contributed by atoms with Crippen LogP contribution < -0.4 is 0 Å². The van der Waals surface area contributed by atoms with Crippen LogP contribution in [0.5, 0.6) is 5.75 Å². The Morgan fingerprint density at radius 3 is 2.54 bits per heavy atom. The van der Waals surface area contributed by atoms with E-state index >= 15 is 0 Å². The molecule has 0 bridgehead atoms. The fourth-order valence-corrected chi connectivity index (χ4v) is 7.24. The molecule has 0 heterocycles. The predicted octanol–water partition coefficient (Wildman–Crippen LogP) is 4.14. The van der Waals surface area contributed by atoms with E-state index in [0.717, 1.165) is 51.4 Å². The molecule has 3 N–H and O–H groups in total. The highest BCUT2D eigenvalue weighted by atomic mass is 16.5. The van der Waals surface area contributed by atoms with Gasteiger partial charge in [-0.25, -0.2) is 4.79 Å². The molecule has 3 aliphatic carbocycles. The number of carbonyl (C=O) groups is 1. The number of aliphatic carboxylic acids is 1. The van der Waals surface area contributed by atoms with Crippen LogP contribution in [0.3, 0.4) is 0 Å². The second-order valence-electron chi connectivity index (χ2n) is 10.9. The van der Waals surface area contributed by atoms with Gasteiger partial charge in [0, 0.05) is 6.61 Å². The quantitative estimate of drug-likeness (QED) is 0.357. The number of aromatic hydroxyl groups is 1. The summed E-state index contributed by atoms with van der Waals surface area (Å²) in [7, 11) is 0. The van der Waals surface area contributed by atoms with Crippen molar-refractivity contribution in [2.75, 3.05) is 39.6 Å². The number of unbranched alkanes of at least 4 members (excludes halogenated alkanes) is 1. The maximum absolute atomic E-state index is 10.8. The third-order valence-electron chi connectivity index (χ3n) is 8.92. The van der Waals surface area contributed by atoms with E-state index < -0.39 is 5.97 Å². The Labute approximate surface area is 208 Å². The predicted molar refractivity (Wildman–Crippen MR) is 132 cm³/mol. The minimum absolute atomic E-state index is 0.0512. The molecule has 0 amide bonds. The normalized spacial score (nSPS) is 31.5. The Hall–Kier alpha value is -1.67. The Morgan fingerprint density at radius 1 is 1.03 bits per heavy atom. The maximum atomic E-state index is 10.8. The highest BCUT2D eigenvalue weighted by molar-refractivity contribution is 5.67. The lowest BCUT2D eigenvalue weighted by Crippen LogP contribution is -2.47. The molecule has 1 aromatic carbocycles. The van der Waals surface area contributed by atoms with E-state index in [1.807, 2.05) is 12.1 Å². The van der Waals surface area contributed by atoms with Crippen molar-refractivity contribution in [3.63, 3.8) is 0 Å². The van der Waals surface area contributed by atoms with Crippen LogP contribution in [0.15, 0.2) is 18.2 Å². The van der Waals surface area contributed by atoms with Gasteiger partial charge in [-0.15, -0.1) is 0 Å². The Morgan fingerprint density at radius 2 is 1.77 bits per heavy atom. The average molecular weight is 491 g/mol. The molecule has 0 aliphatic heterocycles. The molecule has 0 aromatic heterocycles. The zero-order valence-corrected chi connectivity index (χ0v) is 21.0. The highest BCUT2D eigenvalue weighted by Gasteiger charge is 2.56. The number of carboxylic acid groups (broad SMARTS) is 1. The van der Waals surface area contributed by atoms with Gasteiger partial charge in [0.2, 0.25) is 0 Å². The smallest absolute Gasteiger partial charge is 0.329 e. The van der Waals surface area contributed by atoms with E-state index in [1.54, 1.807) is 0 Å². The topological polar surface area (TPSA) is 105 Å². The van der Waals surface area contributed by atoms with Gasteiger partial charge in [-0.2, -0.15) is 0 Å². The maximum Gasteiger partial charge on any atom is 0.329 e. The number of phenols is 1. The van der Waals surface area contributed by atoms with E-state index in [1.165, 1.54) is 11.1 Å². The van der Waals surface area contributed by atoms with Gasteiger partial charge in [0.25, 0.3) is 0 Å². The number of phenolic OH excluding ortho intramolecular Hbond substituents is 1. The van der Waals surface area contributed by atoms with Crippen LogP contribution in [-0.2, 0) is 25.4 Å². The van der Waals surface area contributed by atoms with Crippen LogP contribution in [0, 0.1) is 23.2 Å². The number of ether oxygens (including phenoxy) is 3. The number of rotatable bonds is 13. The summed E-state index contributed by atoms with van der Waals surface area (Å²) in [4.78, 5) is 10.4. The first-order chi connectivity index (χ1) is 16.9. The molecule has 0 spiro atoms. The van der Waals surface area contributed by atoms with E-state index in [4.69, 9.17) is 19.3 Å². The van der Waals surface area contributed by atoms with Crippen LogP contribution in [0.2, 0.25) is 0 Å². The van der Waals surface area contributed by atoms with Crippen LogP contribution in [0.1, 0.15) is 68.9 Å². The van der Waals surface area contributed by atoms with Crippen molar-refractivity contribution in [3.05, 3.63) is 29.3 Å². The van der Waals surface area contributed by atoms with Crippen molar-refractivity contribution >= 4 is 5.97 Å². The molecule has 4 rings (SSSR count). The zero-order chi connectivity index (χ0) is 24.8. The van der Waals surface area contributed by atoms with Crippen molar-refractivity contribution in [1.82, 2.24) is 0 Å². The molecular weight excluding hydrogens is 448 g/mol. The first kappa shape index (κ1) is 26.4. The van der Waals surface area contributed by atoms with Crippen molar-refractivity contribution < 1.29 is 34.3 Å². The summed E-state index contributed by atoms with van der Waals surface area (Å²) < 4.78 is 16.0. The van der Waals surface area contributed by atoms with E-state index in [0.29, 0.717) is 55.8 Å². The van der Waals surface area contributed by atoms with Crippen LogP contribution >= 0.6 is 0 Å². The number of aliphatic hydroxyl groups excluding tert-OH is 1. The molecule has 0 saturated heterocycles. The minimum Gasteiger partial charge on any atom is -0.508 e. The third kappa shape index (κ3) is 6.19. The van der Waals surface area contributed by atoms with E-state index in [2.05, 4.69) is 13.0 Å². The molecule has 1 aromatic rings. The second kappa shape index (κ2) is 12.0.